The highest BCUT2D eigenvalue weighted by atomic mass is 31.2. The van der Waals surface area contributed by atoms with Crippen LogP contribution in [0, 0.1) is 11.8 Å². The van der Waals surface area contributed by atoms with E-state index in [4.69, 9.17) is 0 Å². The molecular weight excluding hydrogens is 396 g/mol. The molecule has 3 heterocycles. The minimum atomic E-state index is -4.28. The molecule has 1 amide bonds. The van der Waals surface area contributed by atoms with Crippen molar-refractivity contribution < 1.29 is 18.0 Å². The van der Waals surface area contributed by atoms with Crippen molar-refractivity contribution in [2.45, 2.75) is 51.1 Å². The molecule has 3 aliphatic rings. The zero-order valence-electron chi connectivity index (χ0n) is 17.5. The summed E-state index contributed by atoms with van der Waals surface area (Å²) in [5.74, 6) is 1.85. The molecule has 160 valence electrons. The molecule has 3 saturated heterocycles. The lowest BCUT2D eigenvalue weighted by Gasteiger charge is -2.47. The fourth-order valence-electron chi connectivity index (χ4n) is 5.79. The summed E-state index contributed by atoms with van der Waals surface area (Å²) in [5.41, 5.74) is 0.369. The van der Waals surface area contributed by atoms with E-state index in [1.54, 1.807) is 12.1 Å². The van der Waals surface area contributed by atoms with Gasteiger partial charge in [0.25, 0.3) is 0 Å². The van der Waals surface area contributed by atoms with Crippen LogP contribution >= 0.6 is 7.26 Å². The average molecular weight is 427 g/mol. The van der Waals surface area contributed by atoms with Gasteiger partial charge in [-0.05, 0) is 36.5 Å². The third-order valence-corrected chi connectivity index (χ3v) is 11.3. The van der Waals surface area contributed by atoms with Crippen LogP contribution in [0.3, 0.4) is 0 Å². The lowest BCUT2D eigenvalue weighted by molar-refractivity contribution is -0.139. The van der Waals surface area contributed by atoms with Gasteiger partial charge in [0.15, 0.2) is 0 Å². The Bertz CT molecular complexity index is 766. The summed E-state index contributed by atoms with van der Waals surface area (Å²) in [4.78, 5) is 17.5. The topological polar surface area (TPSA) is 23.6 Å². The van der Waals surface area contributed by atoms with E-state index in [0.717, 1.165) is 43.9 Å². The molecule has 1 aromatic rings. The van der Waals surface area contributed by atoms with Crippen molar-refractivity contribution in [2.75, 3.05) is 32.2 Å². The predicted molar refractivity (Wildman–Crippen MR) is 111 cm³/mol. The molecule has 0 spiro atoms. The van der Waals surface area contributed by atoms with Crippen molar-refractivity contribution in [3.05, 3.63) is 35.4 Å². The number of halogens is 3. The molecule has 4 rings (SSSR count). The number of carbonyl (C=O) groups excluding carboxylic acids is 1. The quantitative estimate of drug-likeness (QED) is 0.647. The maximum atomic E-state index is 12.8. The Labute approximate surface area is 172 Å². The summed E-state index contributed by atoms with van der Waals surface area (Å²) in [6, 6.07) is 5.97. The highest BCUT2D eigenvalue weighted by Crippen LogP contribution is 2.71. The maximum absolute atomic E-state index is 12.8. The number of benzene rings is 1. The molecule has 7 heteroatoms. The molecule has 0 aliphatic carbocycles. The standard InChI is InChI=1S/C22H31F3N2OP/c1-15(2)19-13-29(3)14-26(12-17-6-9-20(28)27(19)21(17)29)11-10-16-4-7-18(8-5-16)22(23,24)25/h4-5,7-8,15,17,19,21H,6,9-14H2,1-3H3/q+1/t17-,19?,21+,29?/m1/s1. The second kappa shape index (κ2) is 7.53. The number of hydrogen-bond donors (Lipinski definition) is 0. The summed E-state index contributed by atoms with van der Waals surface area (Å²) in [5, 5.41) is 0. The Balaban J connectivity index is 1.45. The first-order valence-electron chi connectivity index (χ1n) is 10.6. The first kappa shape index (κ1) is 21.1. The van der Waals surface area contributed by atoms with E-state index in [9.17, 15) is 18.0 Å². The Kier molecular flexibility index (Phi) is 5.48. The molecule has 1 aromatic carbocycles. The first-order valence-corrected chi connectivity index (χ1v) is 13.3. The van der Waals surface area contributed by atoms with Crippen LogP contribution in [-0.2, 0) is 17.4 Å². The van der Waals surface area contributed by atoms with Gasteiger partial charge in [-0.15, -0.1) is 0 Å². The van der Waals surface area contributed by atoms with Crippen LogP contribution in [0.25, 0.3) is 0 Å². The largest absolute Gasteiger partial charge is 0.416 e. The van der Waals surface area contributed by atoms with Gasteiger partial charge in [0.2, 0.25) is 5.91 Å². The molecule has 29 heavy (non-hydrogen) atoms. The number of amides is 1. The van der Waals surface area contributed by atoms with Crippen LogP contribution in [0.1, 0.15) is 37.8 Å². The first-order chi connectivity index (χ1) is 13.6. The van der Waals surface area contributed by atoms with Gasteiger partial charge in [-0.2, -0.15) is 13.2 Å². The van der Waals surface area contributed by atoms with Gasteiger partial charge in [-0.3, -0.25) is 9.69 Å². The summed E-state index contributed by atoms with van der Waals surface area (Å²) in [6.45, 7) is 8.80. The molecule has 3 nitrogen and oxygen atoms in total. The number of nitrogens with zero attached hydrogens (tertiary/aromatic N) is 2. The lowest BCUT2D eigenvalue weighted by atomic mass is 9.93. The second-order valence-corrected chi connectivity index (χ2v) is 13.8. The average Bonchev–Trinajstić information content (AvgIpc) is 2.97. The zero-order valence-corrected chi connectivity index (χ0v) is 18.3. The van der Waals surface area contributed by atoms with E-state index in [1.807, 2.05) is 0 Å². The molecular formula is C22H31F3N2OP+. The monoisotopic (exact) mass is 427 g/mol. The Morgan fingerprint density at radius 1 is 1.21 bits per heavy atom. The number of alkyl halides is 3. The van der Waals surface area contributed by atoms with Crippen molar-refractivity contribution in [1.29, 1.82) is 0 Å². The molecule has 0 aromatic heterocycles. The molecule has 3 aliphatic heterocycles. The predicted octanol–water partition coefficient (Wildman–Crippen LogP) is 4.77. The number of rotatable bonds is 4. The van der Waals surface area contributed by atoms with Crippen LogP contribution in [0.2, 0.25) is 0 Å². The van der Waals surface area contributed by atoms with Crippen molar-refractivity contribution in [3.63, 3.8) is 0 Å². The van der Waals surface area contributed by atoms with E-state index in [0.29, 0.717) is 36.0 Å². The lowest BCUT2D eigenvalue weighted by Crippen LogP contribution is -2.55. The van der Waals surface area contributed by atoms with Crippen molar-refractivity contribution in [1.82, 2.24) is 9.80 Å². The number of carbonyl (C=O) groups is 1. The van der Waals surface area contributed by atoms with Crippen LogP contribution in [-0.4, -0.2) is 59.7 Å². The van der Waals surface area contributed by atoms with E-state index in [1.165, 1.54) is 12.1 Å². The molecule has 2 unspecified atom stereocenters. The Morgan fingerprint density at radius 3 is 2.52 bits per heavy atom. The number of hydrogen-bond acceptors (Lipinski definition) is 2. The van der Waals surface area contributed by atoms with Crippen molar-refractivity contribution in [3.8, 4) is 0 Å². The molecule has 4 atom stereocenters. The Hall–Kier alpha value is -1.13. The maximum Gasteiger partial charge on any atom is 0.416 e. The summed E-state index contributed by atoms with van der Waals surface area (Å²) >= 11 is 0. The van der Waals surface area contributed by atoms with Crippen LogP contribution in [0.4, 0.5) is 13.2 Å². The zero-order chi connectivity index (χ0) is 21.0. The van der Waals surface area contributed by atoms with E-state index in [-0.39, 0.29) is 0 Å². The summed E-state index contributed by atoms with van der Waals surface area (Å²) < 4.78 is 38.3. The van der Waals surface area contributed by atoms with Gasteiger partial charge >= 0.3 is 6.18 Å². The third-order valence-electron chi connectivity index (χ3n) is 7.11. The van der Waals surface area contributed by atoms with Crippen molar-refractivity contribution >= 4 is 13.2 Å². The van der Waals surface area contributed by atoms with Gasteiger partial charge < -0.3 is 4.90 Å². The van der Waals surface area contributed by atoms with Gasteiger partial charge in [-0.25, -0.2) is 0 Å². The van der Waals surface area contributed by atoms with Gasteiger partial charge in [0.05, 0.1) is 31.7 Å². The highest BCUT2D eigenvalue weighted by Gasteiger charge is 2.64. The van der Waals surface area contributed by atoms with Gasteiger partial charge in [0, 0.05) is 25.4 Å². The Morgan fingerprint density at radius 2 is 1.90 bits per heavy atom. The minimum absolute atomic E-state index is 0.354. The molecule has 3 fully saturated rings. The van der Waals surface area contributed by atoms with Crippen LogP contribution < -0.4 is 0 Å². The van der Waals surface area contributed by atoms with Crippen LogP contribution in [0.15, 0.2) is 24.3 Å². The SMILES string of the molecule is CC(C)C1C[P+]2(C)CN(CCc3ccc(C(F)(F)F)cc3)C[C@H]3CCC(=O)N1[C@H]32. The fourth-order valence-corrected chi connectivity index (χ4v) is 11.1. The highest BCUT2D eigenvalue weighted by molar-refractivity contribution is 7.76. The third kappa shape index (κ3) is 3.95. The minimum Gasteiger partial charge on any atom is -0.300 e. The molecule has 0 radical (unpaired) electrons. The summed E-state index contributed by atoms with van der Waals surface area (Å²) in [6.07, 6.45) is 0.370. The van der Waals surface area contributed by atoms with E-state index < -0.39 is 19.0 Å². The number of piperidine rings is 1. The molecule has 0 saturated carbocycles. The van der Waals surface area contributed by atoms with E-state index >= 15 is 0 Å². The van der Waals surface area contributed by atoms with Crippen molar-refractivity contribution in [2.24, 2.45) is 11.8 Å². The summed E-state index contributed by atoms with van der Waals surface area (Å²) in [7, 11) is -1.27. The molecule has 0 bridgehead atoms. The normalized spacial score (nSPS) is 32.7. The fraction of sp³-hybridized carbons (Fsp3) is 0.682. The smallest absolute Gasteiger partial charge is 0.300 e. The van der Waals surface area contributed by atoms with Gasteiger partial charge in [-0.1, -0.05) is 26.0 Å². The van der Waals surface area contributed by atoms with E-state index in [2.05, 4.69) is 30.3 Å². The van der Waals surface area contributed by atoms with Crippen LogP contribution in [0.5, 0.6) is 0 Å². The second-order valence-electron chi connectivity index (χ2n) is 9.65. The van der Waals surface area contributed by atoms with Gasteiger partial charge in [0.1, 0.15) is 12.1 Å². The molecule has 0 N–H and O–H groups in total.